The Labute approximate surface area is 92.0 Å². The van der Waals surface area contributed by atoms with Gasteiger partial charge in [0.1, 0.15) is 5.78 Å². The van der Waals surface area contributed by atoms with Gasteiger partial charge >= 0.3 is 0 Å². The van der Waals surface area contributed by atoms with Crippen molar-refractivity contribution in [1.29, 1.82) is 0 Å². The average Bonchev–Trinajstić information content (AvgIpc) is 2.21. The fourth-order valence-corrected chi connectivity index (χ4v) is 3.13. The lowest BCUT2D eigenvalue weighted by Gasteiger charge is -2.20. The second-order valence-electron chi connectivity index (χ2n) is 4.17. The number of carbonyl (C=O) groups excluding carboxylic acids is 1. The fraction of sp³-hybridized carbons (Fsp3) is 0.917. The monoisotopic (exact) mass is 214 g/mol. The summed E-state index contributed by atoms with van der Waals surface area (Å²) in [5, 5.41) is 0.786. The van der Waals surface area contributed by atoms with Gasteiger partial charge in [0.05, 0.1) is 0 Å². The lowest BCUT2D eigenvalue weighted by atomic mass is 9.99. The van der Waals surface area contributed by atoms with Crippen molar-refractivity contribution in [3.63, 3.8) is 0 Å². The number of carbonyl (C=O) groups is 1. The van der Waals surface area contributed by atoms with Gasteiger partial charge in [0.25, 0.3) is 0 Å². The second kappa shape index (κ2) is 7.33. The number of ketones is 1. The Morgan fingerprint density at radius 2 is 1.93 bits per heavy atom. The summed E-state index contributed by atoms with van der Waals surface area (Å²) in [6.45, 7) is 2.25. The van der Waals surface area contributed by atoms with Gasteiger partial charge in [0.2, 0.25) is 0 Å². The van der Waals surface area contributed by atoms with Crippen LogP contribution >= 0.6 is 11.8 Å². The molecule has 0 atom stereocenters. The number of rotatable bonds is 6. The molecule has 2 heteroatoms. The minimum Gasteiger partial charge on any atom is -0.300 e. The molecule has 1 aliphatic carbocycles. The summed E-state index contributed by atoms with van der Waals surface area (Å²) >= 11 is 2.10. The van der Waals surface area contributed by atoms with E-state index in [4.69, 9.17) is 0 Å². The lowest BCUT2D eigenvalue weighted by Crippen LogP contribution is -2.15. The van der Waals surface area contributed by atoms with Gasteiger partial charge in [-0.1, -0.05) is 26.2 Å². The van der Waals surface area contributed by atoms with Crippen LogP contribution in [0.4, 0.5) is 0 Å². The molecule has 0 heterocycles. The largest absolute Gasteiger partial charge is 0.300 e. The van der Waals surface area contributed by atoms with Crippen molar-refractivity contribution in [2.75, 3.05) is 5.75 Å². The Morgan fingerprint density at radius 1 is 1.21 bits per heavy atom. The highest BCUT2D eigenvalue weighted by molar-refractivity contribution is 7.99. The molecule has 14 heavy (non-hydrogen) atoms. The van der Waals surface area contributed by atoms with Crippen LogP contribution in [0.5, 0.6) is 0 Å². The molecule has 0 aromatic heterocycles. The molecule has 1 rings (SSSR count). The van der Waals surface area contributed by atoms with Crippen molar-refractivity contribution >= 4 is 17.5 Å². The Bertz CT molecular complexity index is 158. The van der Waals surface area contributed by atoms with Crippen LogP contribution < -0.4 is 0 Å². The quantitative estimate of drug-likeness (QED) is 0.625. The molecule has 1 aliphatic rings. The SMILES string of the molecule is CCCCCCSC1CCC(=O)CC1. The van der Waals surface area contributed by atoms with Crippen molar-refractivity contribution in [2.45, 2.75) is 63.5 Å². The Balaban J connectivity index is 1.94. The molecule has 0 aromatic rings. The van der Waals surface area contributed by atoms with Crippen LogP contribution in [0.2, 0.25) is 0 Å². The molecule has 0 aromatic carbocycles. The van der Waals surface area contributed by atoms with Crippen molar-refractivity contribution in [2.24, 2.45) is 0 Å². The molecule has 82 valence electrons. The van der Waals surface area contributed by atoms with Gasteiger partial charge in [-0.25, -0.2) is 0 Å². The maximum atomic E-state index is 11.0. The summed E-state index contributed by atoms with van der Waals surface area (Å²) in [5.41, 5.74) is 0. The second-order valence-corrected chi connectivity index (χ2v) is 5.58. The van der Waals surface area contributed by atoms with Crippen LogP contribution in [0.1, 0.15) is 58.3 Å². The molecule has 0 spiro atoms. The van der Waals surface area contributed by atoms with E-state index in [2.05, 4.69) is 18.7 Å². The van der Waals surface area contributed by atoms with E-state index in [-0.39, 0.29) is 0 Å². The first-order chi connectivity index (χ1) is 6.83. The van der Waals surface area contributed by atoms with E-state index in [1.807, 2.05) is 0 Å². The highest BCUT2D eigenvalue weighted by atomic mass is 32.2. The first-order valence-corrected chi connectivity index (χ1v) is 7.01. The third kappa shape index (κ3) is 5.04. The Morgan fingerprint density at radius 3 is 2.57 bits per heavy atom. The molecular weight excluding hydrogens is 192 g/mol. The van der Waals surface area contributed by atoms with Gasteiger partial charge in [-0.05, 0) is 25.0 Å². The maximum absolute atomic E-state index is 11.0. The lowest BCUT2D eigenvalue weighted by molar-refractivity contribution is -0.120. The molecule has 0 amide bonds. The fourth-order valence-electron chi connectivity index (χ4n) is 1.86. The minimum absolute atomic E-state index is 0.479. The molecule has 0 N–H and O–H groups in total. The number of hydrogen-bond donors (Lipinski definition) is 0. The van der Waals surface area contributed by atoms with Crippen LogP contribution in [0.15, 0.2) is 0 Å². The first-order valence-electron chi connectivity index (χ1n) is 5.96. The number of thioether (sulfide) groups is 1. The zero-order valence-electron chi connectivity index (χ0n) is 9.26. The molecule has 0 unspecified atom stereocenters. The van der Waals surface area contributed by atoms with Crippen molar-refractivity contribution in [1.82, 2.24) is 0 Å². The third-order valence-electron chi connectivity index (χ3n) is 2.84. The standard InChI is InChI=1S/C12H22OS/c1-2-3-4-5-10-14-12-8-6-11(13)7-9-12/h12H,2-10H2,1H3. The molecule has 0 bridgehead atoms. The van der Waals surface area contributed by atoms with E-state index in [0.717, 1.165) is 30.9 Å². The molecule has 0 saturated heterocycles. The highest BCUT2D eigenvalue weighted by Crippen LogP contribution is 2.27. The summed E-state index contributed by atoms with van der Waals surface area (Å²) < 4.78 is 0. The smallest absolute Gasteiger partial charge is 0.132 e. The molecule has 1 saturated carbocycles. The summed E-state index contributed by atoms with van der Waals surface area (Å²) in [4.78, 5) is 11.0. The highest BCUT2D eigenvalue weighted by Gasteiger charge is 2.18. The molecule has 0 radical (unpaired) electrons. The van der Waals surface area contributed by atoms with Crippen LogP contribution in [0.25, 0.3) is 0 Å². The predicted octanol–water partition coefficient (Wildman–Crippen LogP) is 3.81. The summed E-state index contributed by atoms with van der Waals surface area (Å²) in [5.74, 6) is 1.78. The molecule has 1 nitrogen and oxygen atoms in total. The van der Waals surface area contributed by atoms with Gasteiger partial charge in [-0.3, -0.25) is 4.79 Å². The zero-order valence-corrected chi connectivity index (χ0v) is 10.1. The number of hydrogen-bond acceptors (Lipinski definition) is 2. The van der Waals surface area contributed by atoms with Gasteiger partial charge in [-0.2, -0.15) is 11.8 Å². The average molecular weight is 214 g/mol. The van der Waals surface area contributed by atoms with Crippen LogP contribution in [0, 0.1) is 0 Å². The first kappa shape index (κ1) is 12.1. The minimum atomic E-state index is 0.479. The van der Waals surface area contributed by atoms with Crippen LogP contribution in [0.3, 0.4) is 0 Å². The van der Waals surface area contributed by atoms with Gasteiger partial charge in [-0.15, -0.1) is 0 Å². The van der Waals surface area contributed by atoms with Gasteiger partial charge in [0.15, 0.2) is 0 Å². The summed E-state index contributed by atoms with van der Waals surface area (Å²) in [6, 6.07) is 0. The van der Waals surface area contributed by atoms with E-state index in [1.54, 1.807) is 0 Å². The van der Waals surface area contributed by atoms with Crippen LogP contribution in [-0.2, 0) is 4.79 Å². The van der Waals surface area contributed by atoms with E-state index >= 15 is 0 Å². The van der Waals surface area contributed by atoms with E-state index < -0.39 is 0 Å². The number of unbranched alkanes of at least 4 members (excludes halogenated alkanes) is 3. The third-order valence-corrected chi connectivity index (χ3v) is 4.31. The predicted molar refractivity (Wildman–Crippen MR) is 63.9 cm³/mol. The number of Topliss-reactive ketones (excluding diaryl/α,β-unsaturated/α-hetero) is 1. The zero-order chi connectivity index (χ0) is 10.2. The van der Waals surface area contributed by atoms with Crippen LogP contribution in [-0.4, -0.2) is 16.8 Å². The van der Waals surface area contributed by atoms with Crippen molar-refractivity contribution in [3.8, 4) is 0 Å². The van der Waals surface area contributed by atoms with E-state index in [0.29, 0.717) is 5.78 Å². The maximum Gasteiger partial charge on any atom is 0.132 e. The van der Waals surface area contributed by atoms with Crippen molar-refractivity contribution < 1.29 is 4.79 Å². The van der Waals surface area contributed by atoms with E-state index in [9.17, 15) is 4.79 Å². The van der Waals surface area contributed by atoms with Gasteiger partial charge < -0.3 is 0 Å². The summed E-state index contributed by atoms with van der Waals surface area (Å²) in [7, 11) is 0. The molecular formula is C12H22OS. The van der Waals surface area contributed by atoms with Gasteiger partial charge in [0, 0.05) is 18.1 Å². The molecule has 0 aliphatic heterocycles. The Kier molecular flexibility index (Phi) is 6.33. The molecule has 1 fully saturated rings. The summed E-state index contributed by atoms with van der Waals surface area (Å²) in [6.07, 6.45) is 9.40. The van der Waals surface area contributed by atoms with E-state index in [1.165, 1.54) is 31.4 Å². The van der Waals surface area contributed by atoms with Crippen molar-refractivity contribution in [3.05, 3.63) is 0 Å². The topological polar surface area (TPSA) is 17.1 Å². The normalized spacial score (nSPS) is 18.8. The Hall–Kier alpha value is 0.0200.